The van der Waals surface area contributed by atoms with Gasteiger partial charge >= 0.3 is 0 Å². The Morgan fingerprint density at radius 3 is 3.05 bits per heavy atom. The van der Waals surface area contributed by atoms with Gasteiger partial charge in [-0.1, -0.05) is 26.0 Å². The molecule has 0 spiro atoms. The zero-order valence-corrected chi connectivity index (χ0v) is 13.6. The highest BCUT2D eigenvalue weighted by molar-refractivity contribution is 5.41. The summed E-state index contributed by atoms with van der Waals surface area (Å²) in [4.78, 5) is 2.54. The molecule has 2 aliphatic heterocycles. The van der Waals surface area contributed by atoms with E-state index in [4.69, 9.17) is 4.74 Å². The van der Waals surface area contributed by atoms with E-state index in [0.717, 1.165) is 25.3 Å². The van der Waals surface area contributed by atoms with Gasteiger partial charge in [-0.05, 0) is 49.5 Å². The Balaban J connectivity index is 1.81. The van der Waals surface area contributed by atoms with Gasteiger partial charge in [-0.2, -0.15) is 0 Å². The number of ether oxygens (including phenoxy) is 1. The van der Waals surface area contributed by atoms with Gasteiger partial charge in [0.15, 0.2) is 0 Å². The van der Waals surface area contributed by atoms with Crippen LogP contribution < -0.4 is 10.1 Å². The van der Waals surface area contributed by atoms with Crippen LogP contribution in [0.15, 0.2) is 18.2 Å². The van der Waals surface area contributed by atoms with Crippen molar-refractivity contribution in [2.75, 3.05) is 26.7 Å². The Morgan fingerprint density at radius 1 is 1.38 bits per heavy atom. The molecule has 0 aromatic heterocycles. The van der Waals surface area contributed by atoms with Crippen LogP contribution in [0.2, 0.25) is 0 Å². The van der Waals surface area contributed by atoms with E-state index in [1.54, 1.807) is 0 Å². The van der Waals surface area contributed by atoms with E-state index in [2.05, 4.69) is 49.3 Å². The average molecular weight is 288 g/mol. The number of hydrogen-bond donors (Lipinski definition) is 1. The Labute approximate surface area is 128 Å². The lowest BCUT2D eigenvalue weighted by molar-refractivity contribution is 0.118. The molecular formula is C18H28N2O. The summed E-state index contributed by atoms with van der Waals surface area (Å²) >= 11 is 0. The van der Waals surface area contributed by atoms with Crippen molar-refractivity contribution in [2.24, 2.45) is 5.92 Å². The standard InChI is InChI=1S/C18H28N2O/c1-13(2)19-12-16-5-4-9-20(3)18(16)15-6-7-17-14(11-15)8-10-21-17/h6-7,11,13,16,18-19H,4-5,8-10,12H2,1-3H3. The highest BCUT2D eigenvalue weighted by atomic mass is 16.5. The SMILES string of the molecule is CC(C)NCC1CCCN(C)C1c1ccc2c(c1)CCO2. The summed E-state index contributed by atoms with van der Waals surface area (Å²) in [5, 5.41) is 3.64. The first-order valence-corrected chi connectivity index (χ1v) is 8.34. The molecule has 2 atom stereocenters. The number of piperidine rings is 1. The predicted octanol–water partition coefficient (Wildman–Crippen LogP) is 3.00. The molecule has 2 aliphatic rings. The van der Waals surface area contributed by atoms with Crippen LogP contribution >= 0.6 is 0 Å². The molecule has 0 amide bonds. The first-order valence-electron chi connectivity index (χ1n) is 8.34. The topological polar surface area (TPSA) is 24.5 Å². The molecule has 3 heteroatoms. The Morgan fingerprint density at radius 2 is 2.24 bits per heavy atom. The fourth-order valence-electron chi connectivity index (χ4n) is 3.78. The molecule has 2 unspecified atom stereocenters. The molecule has 3 nitrogen and oxygen atoms in total. The van der Waals surface area contributed by atoms with Crippen molar-refractivity contribution >= 4 is 0 Å². The molecule has 3 rings (SSSR count). The first kappa shape index (κ1) is 14.9. The molecule has 0 radical (unpaired) electrons. The van der Waals surface area contributed by atoms with Crippen molar-refractivity contribution < 1.29 is 4.74 Å². The van der Waals surface area contributed by atoms with Crippen LogP contribution in [-0.4, -0.2) is 37.7 Å². The molecule has 1 aromatic carbocycles. The van der Waals surface area contributed by atoms with Crippen LogP contribution in [0, 0.1) is 5.92 Å². The highest BCUT2D eigenvalue weighted by Gasteiger charge is 2.31. The van der Waals surface area contributed by atoms with Crippen LogP contribution in [0.25, 0.3) is 0 Å². The van der Waals surface area contributed by atoms with Crippen molar-refractivity contribution in [3.8, 4) is 5.75 Å². The molecule has 1 aromatic rings. The zero-order chi connectivity index (χ0) is 14.8. The predicted molar refractivity (Wildman–Crippen MR) is 86.9 cm³/mol. The van der Waals surface area contributed by atoms with Crippen LogP contribution in [0.5, 0.6) is 5.75 Å². The Hall–Kier alpha value is -1.06. The number of likely N-dealkylation sites (tertiary alicyclic amines) is 1. The maximum absolute atomic E-state index is 5.65. The van der Waals surface area contributed by atoms with Gasteiger partial charge in [-0.15, -0.1) is 0 Å². The number of nitrogens with zero attached hydrogens (tertiary/aromatic N) is 1. The molecule has 21 heavy (non-hydrogen) atoms. The lowest BCUT2D eigenvalue weighted by Crippen LogP contribution is -2.41. The smallest absolute Gasteiger partial charge is 0.122 e. The second kappa shape index (κ2) is 6.37. The minimum absolute atomic E-state index is 0.538. The Kier molecular flexibility index (Phi) is 4.51. The third kappa shape index (κ3) is 3.24. The number of benzene rings is 1. The van der Waals surface area contributed by atoms with Gasteiger partial charge in [0, 0.05) is 25.0 Å². The molecule has 1 fully saturated rings. The quantitative estimate of drug-likeness (QED) is 0.922. The minimum Gasteiger partial charge on any atom is -0.493 e. The molecule has 1 saturated heterocycles. The van der Waals surface area contributed by atoms with Gasteiger partial charge in [-0.25, -0.2) is 0 Å². The van der Waals surface area contributed by atoms with Gasteiger partial charge in [0.05, 0.1) is 6.61 Å². The summed E-state index contributed by atoms with van der Waals surface area (Å²) in [6.07, 6.45) is 3.70. The van der Waals surface area contributed by atoms with Crippen LogP contribution in [-0.2, 0) is 6.42 Å². The van der Waals surface area contributed by atoms with Crippen molar-refractivity contribution in [1.29, 1.82) is 0 Å². The van der Waals surface area contributed by atoms with Gasteiger partial charge in [-0.3, -0.25) is 4.90 Å². The molecule has 0 saturated carbocycles. The normalized spacial score (nSPS) is 25.9. The van der Waals surface area contributed by atoms with Gasteiger partial charge in [0.1, 0.15) is 5.75 Å². The number of fused-ring (bicyclic) bond motifs is 1. The summed E-state index contributed by atoms with van der Waals surface area (Å²) in [5.41, 5.74) is 2.86. The second-order valence-electron chi connectivity index (χ2n) is 6.86. The third-order valence-corrected chi connectivity index (χ3v) is 4.85. The molecule has 0 bridgehead atoms. The summed E-state index contributed by atoms with van der Waals surface area (Å²) in [6, 6.07) is 7.94. The van der Waals surface area contributed by atoms with E-state index in [-0.39, 0.29) is 0 Å². The van der Waals surface area contributed by atoms with Crippen LogP contribution in [0.4, 0.5) is 0 Å². The second-order valence-corrected chi connectivity index (χ2v) is 6.86. The third-order valence-electron chi connectivity index (χ3n) is 4.85. The van der Waals surface area contributed by atoms with E-state index in [1.807, 2.05) is 0 Å². The largest absolute Gasteiger partial charge is 0.493 e. The summed E-state index contributed by atoms with van der Waals surface area (Å²) in [6.45, 7) is 7.62. The highest BCUT2D eigenvalue weighted by Crippen LogP contribution is 2.37. The first-order chi connectivity index (χ1) is 10.1. The number of hydrogen-bond acceptors (Lipinski definition) is 3. The molecule has 1 N–H and O–H groups in total. The number of nitrogens with one attached hydrogen (secondary N) is 1. The maximum atomic E-state index is 5.65. The van der Waals surface area contributed by atoms with Gasteiger partial charge < -0.3 is 10.1 Å². The van der Waals surface area contributed by atoms with E-state index in [0.29, 0.717) is 18.0 Å². The van der Waals surface area contributed by atoms with Gasteiger partial charge in [0.25, 0.3) is 0 Å². The van der Waals surface area contributed by atoms with E-state index < -0.39 is 0 Å². The van der Waals surface area contributed by atoms with Gasteiger partial charge in [0.2, 0.25) is 0 Å². The zero-order valence-electron chi connectivity index (χ0n) is 13.6. The van der Waals surface area contributed by atoms with Crippen molar-refractivity contribution in [1.82, 2.24) is 10.2 Å². The summed E-state index contributed by atoms with van der Waals surface area (Å²) in [5.74, 6) is 1.79. The van der Waals surface area contributed by atoms with E-state index >= 15 is 0 Å². The Bertz CT molecular complexity index is 486. The van der Waals surface area contributed by atoms with Crippen molar-refractivity contribution in [3.05, 3.63) is 29.3 Å². The fourth-order valence-corrected chi connectivity index (χ4v) is 3.78. The fraction of sp³-hybridized carbons (Fsp3) is 0.667. The average Bonchev–Trinajstić information content (AvgIpc) is 2.92. The van der Waals surface area contributed by atoms with Crippen molar-refractivity contribution in [3.63, 3.8) is 0 Å². The maximum Gasteiger partial charge on any atom is 0.122 e. The molecular weight excluding hydrogens is 260 g/mol. The lowest BCUT2D eigenvalue weighted by atomic mass is 9.84. The summed E-state index contributed by atoms with van der Waals surface area (Å²) < 4.78 is 5.65. The molecule has 2 heterocycles. The molecule has 0 aliphatic carbocycles. The lowest BCUT2D eigenvalue weighted by Gasteiger charge is -2.40. The van der Waals surface area contributed by atoms with Crippen LogP contribution in [0.3, 0.4) is 0 Å². The van der Waals surface area contributed by atoms with Crippen molar-refractivity contribution in [2.45, 2.75) is 45.2 Å². The number of rotatable bonds is 4. The van der Waals surface area contributed by atoms with E-state index in [1.165, 1.54) is 30.5 Å². The van der Waals surface area contributed by atoms with Crippen LogP contribution in [0.1, 0.15) is 43.9 Å². The summed E-state index contributed by atoms with van der Waals surface area (Å²) in [7, 11) is 2.27. The minimum atomic E-state index is 0.538. The molecule has 116 valence electrons. The van der Waals surface area contributed by atoms with E-state index in [9.17, 15) is 0 Å². The monoisotopic (exact) mass is 288 g/mol.